The molecule has 2 saturated heterocycles. The van der Waals surface area contributed by atoms with Gasteiger partial charge >= 0.3 is 6.03 Å². The van der Waals surface area contributed by atoms with E-state index in [2.05, 4.69) is 5.32 Å². The summed E-state index contributed by atoms with van der Waals surface area (Å²) in [6.07, 6.45) is 0.664. The van der Waals surface area contributed by atoms with Crippen LogP contribution in [0.1, 0.15) is 16.8 Å². The van der Waals surface area contributed by atoms with Crippen molar-refractivity contribution in [1.29, 1.82) is 0 Å². The van der Waals surface area contributed by atoms with E-state index in [4.69, 9.17) is 18.9 Å². The van der Waals surface area contributed by atoms with Gasteiger partial charge in [-0.25, -0.2) is 4.79 Å². The predicted molar refractivity (Wildman–Crippen MR) is 122 cm³/mol. The first kappa shape index (κ1) is 22.9. The van der Waals surface area contributed by atoms with Gasteiger partial charge in [0.2, 0.25) is 5.79 Å². The van der Waals surface area contributed by atoms with Crippen molar-refractivity contribution >= 4 is 17.6 Å². The first-order valence-electron chi connectivity index (χ1n) is 10.9. The number of hydrogen-bond donors (Lipinski definition) is 1. The molecule has 1 N–H and O–H groups in total. The number of morpholine rings is 1. The van der Waals surface area contributed by atoms with Crippen molar-refractivity contribution < 1.29 is 28.5 Å². The summed E-state index contributed by atoms with van der Waals surface area (Å²) in [4.78, 5) is 29.6. The number of anilines is 1. The van der Waals surface area contributed by atoms with E-state index in [9.17, 15) is 9.59 Å². The number of ether oxygens (including phenoxy) is 4. The molecular weight excluding hydrogens is 426 g/mol. The minimum absolute atomic E-state index is 0.157. The Bertz CT molecular complexity index is 1000. The number of methoxy groups -OCH3 is 2. The van der Waals surface area contributed by atoms with Crippen LogP contribution in [-0.4, -0.2) is 81.1 Å². The second-order valence-corrected chi connectivity index (χ2v) is 7.97. The van der Waals surface area contributed by atoms with Gasteiger partial charge in [0.1, 0.15) is 11.5 Å². The van der Waals surface area contributed by atoms with Crippen LogP contribution in [0.2, 0.25) is 0 Å². The van der Waals surface area contributed by atoms with Crippen LogP contribution in [0.3, 0.4) is 0 Å². The average Bonchev–Trinajstić information content (AvgIpc) is 3.06. The van der Waals surface area contributed by atoms with E-state index in [0.29, 0.717) is 55.5 Å². The van der Waals surface area contributed by atoms with Gasteiger partial charge < -0.3 is 34.1 Å². The molecule has 2 aliphatic heterocycles. The van der Waals surface area contributed by atoms with E-state index in [1.807, 2.05) is 18.2 Å². The number of rotatable bonds is 4. The number of nitrogens with one attached hydrogen (secondary N) is 1. The first-order chi connectivity index (χ1) is 16.0. The monoisotopic (exact) mass is 455 g/mol. The highest BCUT2D eigenvalue weighted by Gasteiger charge is 2.43. The standard InChI is InChI=1S/C24H29N3O6/c1-30-19-8-5-7-18(15-19)25-23(29)27-11-6-13-32-24(17-27)16-26(12-14-33-24)22(28)20-9-3-4-10-21(20)31-2/h3-5,7-10,15H,6,11-14,16-17H2,1-2H3,(H,25,29). The molecule has 176 valence electrons. The Morgan fingerprint density at radius 1 is 0.939 bits per heavy atom. The molecule has 33 heavy (non-hydrogen) atoms. The molecule has 2 aliphatic rings. The molecular formula is C24H29N3O6. The summed E-state index contributed by atoms with van der Waals surface area (Å²) in [6.45, 7) is 2.11. The molecule has 2 heterocycles. The summed E-state index contributed by atoms with van der Waals surface area (Å²) < 4.78 is 22.7. The number of amides is 3. The molecule has 1 spiro atoms. The molecule has 0 bridgehead atoms. The van der Waals surface area contributed by atoms with Crippen molar-refractivity contribution in [2.75, 3.05) is 58.9 Å². The number of carbonyl (C=O) groups excluding carboxylic acids is 2. The van der Waals surface area contributed by atoms with Crippen molar-refractivity contribution in [3.63, 3.8) is 0 Å². The van der Waals surface area contributed by atoms with Gasteiger partial charge in [-0.15, -0.1) is 0 Å². The summed E-state index contributed by atoms with van der Waals surface area (Å²) in [5, 5.41) is 2.91. The zero-order valence-corrected chi connectivity index (χ0v) is 18.9. The van der Waals surface area contributed by atoms with Crippen molar-refractivity contribution in [2.24, 2.45) is 0 Å². The third-order valence-corrected chi connectivity index (χ3v) is 5.76. The van der Waals surface area contributed by atoms with Gasteiger partial charge in [0.05, 0.1) is 46.1 Å². The van der Waals surface area contributed by atoms with Gasteiger partial charge in [-0.05, 0) is 30.7 Å². The van der Waals surface area contributed by atoms with Crippen molar-refractivity contribution in [2.45, 2.75) is 12.2 Å². The van der Waals surface area contributed by atoms with E-state index < -0.39 is 5.79 Å². The van der Waals surface area contributed by atoms with Gasteiger partial charge in [0.25, 0.3) is 5.91 Å². The summed E-state index contributed by atoms with van der Waals surface area (Å²) in [5.74, 6) is -0.0675. The Balaban J connectivity index is 1.48. The Morgan fingerprint density at radius 3 is 2.55 bits per heavy atom. The Labute approximate surface area is 193 Å². The van der Waals surface area contributed by atoms with Gasteiger partial charge in [-0.3, -0.25) is 4.79 Å². The quantitative estimate of drug-likeness (QED) is 0.763. The smallest absolute Gasteiger partial charge is 0.322 e. The van der Waals surface area contributed by atoms with Crippen LogP contribution in [0.25, 0.3) is 0 Å². The molecule has 1 atom stereocenters. The molecule has 1 unspecified atom stereocenters. The predicted octanol–water partition coefficient (Wildman–Crippen LogP) is 2.83. The second kappa shape index (κ2) is 10.1. The van der Waals surface area contributed by atoms with Crippen LogP contribution in [0.5, 0.6) is 11.5 Å². The van der Waals surface area contributed by atoms with E-state index in [1.165, 1.54) is 0 Å². The number of hydrogen-bond acceptors (Lipinski definition) is 6. The lowest BCUT2D eigenvalue weighted by molar-refractivity contribution is -0.258. The van der Waals surface area contributed by atoms with Crippen LogP contribution in [0.4, 0.5) is 10.5 Å². The average molecular weight is 456 g/mol. The zero-order chi connectivity index (χ0) is 23.3. The fourth-order valence-corrected chi connectivity index (χ4v) is 4.11. The number of carbonyl (C=O) groups is 2. The van der Waals surface area contributed by atoms with Crippen LogP contribution in [0, 0.1) is 0 Å². The normalized spacial score (nSPS) is 20.8. The summed E-state index contributed by atoms with van der Waals surface area (Å²) in [7, 11) is 3.12. The topological polar surface area (TPSA) is 89.6 Å². The fourth-order valence-electron chi connectivity index (χ4n) is 4.11. The van der Waals surface area contributed by atoms with Gasteiger partial charge in [-0.1, -0.05) is 18.2 Å². The summed E-state index contributed by atoms with van der Waals surface area (Å²) in [6, 6.07) is 14.1. The Morgan fingerprint density at radius 2 is 1.73 bits per heavy atom. The molecule has 9 nitrogen and oxygen atoms in total. The Kier molecular flexibility index (Phi) is 7.00. The molecule has 0 aliphatic carbocycles. The van der Waals surface area contributed by atoms with E-state index >= 15 is 0 Å². The molecule has 9 heteroatoms. The van der Waals surface area contributed by atoms with Crippen LogP contribution < -0.4 is 14.8 Å². The van der Waals surface area contributed by atoms with Crippen molar-refractivity contribution in [1.82, 2.24) is 9.80 Å². The summed E-state index contributed by atoms with van der Waals surface area (Å²) >= 11 is 0. The Hall–Kier alpha value is -3.30. The number of urea groups is 1. The second-order valence-electron chi connectivity index (χ2n) is 7.97. The molecule has 4 rings (SSSR count). The molecule has 0 aromatic heterocycles. The van der Waals surface area contributed by atoms with Crippen molar-refractivity contribution in [3.05, 3.63) is 54.1 Å². The SMILES string of the molecule is COc1cccc(NC(=O)N2CCCOC3(C2)CN(C(=O)c2ccccc2OC)CCO3)c1. The molecule has 2 fully saturated rings. The zero-order valence-electron chi connectivity index (χ0n) is 18.9. The maximum absolute atomic E-state index is 13.2. The molecule has 2 aromatic carbocycles. The molecule has 3 amide bonds. The van der Waals surface area contributed by atoms with Gasteiger partial charge in [0.15, 0.2) is 0 Å². The lowest BCUT2D eigenvalue weighted by Gasteiger charge is -2.43. The lowest BCUT2D eigenvalue weighted by atomic mass is 10.1. The highest BCUT2D eigenvalue weighted by atomic mass is 16.7. The van der Waals surface area contributed by atoms with Crippen LogP contribution >= 0.6 is 0 Å². The maximum atomic E-state index is 13.2. The van der Waals surface area contributed by atoms with E-state index in [1.54, 1.807) is 54.4 Å². The molecule has 0 saturated carbocycles. The summed E-state index contributed by atoms with van der Waals surface area (Å²) in [5.41, 5.74) is 1.12. The number of nitrogens with zero attached hydrogens (tertiary/aromatic N) is 2. The van der Waals surface area contributed by atoms with Crippen LogP contribution in [-0.2, 0) is 9.47 Å². The molecule has 0 radical (unpaired) electrons. The van der Waals surface area contributed by atoms with E-state index in [0.717, 1.165) is 0 Å². The third kappa shape index (κ3) is 5.20. The maximum Gasteiger partial charge on any atom is 0.322 e. The number of para-hydroxylation sites is 1. The van der Waals surface area contributed by atoms with Gasteiger partial charge in [0, 0.05) is 24.8 Å². The van der Waals surface area contributed by atoms with Gasteiger partial charge in [-0.2, -0.15) is 0 Å². The van der Waals surface area contributed by atoms with Crippen molar-refractivity contribution in [3.8, 4) is 11.5 Å². The highest BCUT2D eigenvalue weighted by Crippen LogP contribution is 2.28. The minimum atomic E-state index is -1.09. The highest BCUT2D eigenvalue weighted by molar-refractivity contribution is 5.97. The largest absolute Gasteiger partial charge is 0.497 e. The van der Waals surface area contributed by atoms with E-state index in [-0.39, 0.29) is 25.0 Å². The lowest BCUT2D eigenvalue weighted by Crippen LogP contribution is -2.60. The number of benzene rings is 2. The first-order valence-corrected chi connectivity index (χ1v) is 10.9. The third-order valence-electron chi connectivity index (χ3n) is 5.76. The minimum Gasteiger partial charge on any atom is -0.497 e. The fraction of sp³-hybridized carbons (Fsp3) is 0.417. The van der Waals surface area contributed by atoms with Crippen LogP contribution in [0.15, 0.2) is 48.5 Å². The molecule has 2 aromatic rings.